The Labute approximate surface area is 103 Å². The van der Waals surface area contributed by atoms with Gasteiger partial charge >= 0.3 is 5.63 Å². The first-order chi connectivity index (χ1) is 8.58. The molecule has 0 atom stereocenters. The monoisotopic (exact) mass is 244 g/mol. The molecule has 2 aromatic rings. The molecular weight excluding hydrogens is 232 g/mol. The molecule has 2 rings (SSSR count). The molecule has 0 fully saturated rings. The van der Waals surface area contributed by atoms with Crippen LogP contribution in [0.2, 0.25) is 0 Å². The van der Waals surface area contributed by atoms with Crippen molar-refractivity contribution in [2.24, 2.45) is 21.7 Å². The molecule has 0 aliphatic rings. The van der Waals surface area contributed by atoms with Crippen LogP contribution in [0.25, 0.3) is 11.0 Å². The van der Waals surface area contributed by atoms with Gasteiger partial charge in [-0.15, -0.1) is 5.10 Å². The van der Waals surface area contributed by atoms with E-state index in [4.69, 9.17) is 15.9 Å². The van der Waals surface area contributed by atoms with Gasteiger partial charge in [0.05, 0.1) is 11.3 Å². The van der Waals surface area contributed by atoms with Crippen LogP contribution >= 0.6 is 0 Å². The zero-order valence-electron chi connectivity index (χ0n) is 9.75. The SMILES string of the molecule is CC(=NN=C(N)N)c1cc2ccccc2oc1=O. The molecule has 0 saturated carbocycles. The molecular formula is C12H12N4O2. The summed E-state index contributed by atoms with van der Waals surface area (Å²) in [6, 6.07) is 8.92. The highest BCUT2D eigenvalue weighted by atomic mass is 16.4. The van der Waals surface area contributed by atoms with Crippen molar-refractivity contribution in [2.45, 2.75) is 6.92 Å². The van der Waals surface area contributed by atoms with Gasteiger partial charge in [-0.3, -0.25) is 0 Å². The summed E-state index contributed by atoms with van der Waals surface area (Å²) >= 11 is 0. The number of para-hydroxylation sites is 1. The van der Waals surface area contributed by atoms with Crippen LogP contribution in [0.4, 0.5) is 0 Å². The van der Waals surface area contributed by atoms with Crippen molar-refractivity contribution >= 4 is 22.6 Å². The fourth-order valence-corrected chi connectivity index (χ4v) is 1.50. The maximum atomic E-state index is 11.8. The van der Waals surface area contributed by atoms with Crippen molar-refractivity contribution < 1.29 is 4.42 Å². The van der Waals surface area contributed by atoms with Crippen LogP contribution in [0.3, 0.4) is 0 Å². The van der Waals surface area contributed by atoms with E-state index >= 15 is 0 Å². The molecule has 92 valence electrons. The minimum absolute atomic E-state index is 0.167. The Morgan fingerprint density at radius 1 is 1.22 bits per heavy atom. The molecule has 1 aromatic carbocycles. The Bertz CT molecular complexity index is 697. The molecule has 4 N–H and O–H groups in total. The van der Waals surface area contributed by atoms with E-state index in [9.17, 15) is 4.79 Å². The highest BCUT2D eigenvalue weighted by Crippen LogP contribution is 2.12. The predicted octanol–water partition coefficient (Wildman–Crippen LogP) is 0.790. The third-order valence-corrected chi connectivity index (χ3v) is 2.35. The van der Waals surface area contributed by atoms with Crippen LogP contribution in [0.15, 0.2) is 49.7 Å². The van der Waals surface area contributed by atoms with Gasteiger partial charge in [0, 0.05) is 5.39 Å². The number of fused-ring (bicyclic) bond motifs is 1. The summed E-state index contributed by atoms with van der Waals surface area (Å²) in [4.78, 5) is 11.8. The first-order valence-corrected chi connectivity index (χ1v) is 5.24. The summed E-state index contributed by atoms with van der Waals surface area (Å²) in [5.41, 5.74) is 11.1. The molecule has 0 unspecified atom stereocenters. The summed E-state index contributed by atoms with van der Waals surface area (Å²) < 4.78 is 5.17. The second-order valence-corrected chi connectivity index (χ2v) is 3.70. The summed E-state index contributed by atoms with van der Waals surface area (Å²) in [6.45, 7) is 1.63. The van der Waals surface area contributed by atoms with Crippen LogP contribution in [0.1, 0.15) is 12.5 Å². The van der Waals surface area contributed by atoms with E-state index in [0.29, 0.717) is 16.9 Å². The summed E-state index contributed by atoms with van der Waals surface area (Å²) in [6.07, 6.45) is 0. The molecule has 0 radical (unpaired) electrons. The zero-order valence-corrected chi connectivity index (χ0v) is 9.75. The summed E-state index contributed by atoms with van der Waals surface area (Å²) in [5.74, 6) is -0.167. The lowest BCUT2D eigenvalue weighted by Gasteiger charge is -2.00. The van der Waals surface area contributed by atoms with Gasteiger partial charge in [0.25, 0.3) is 0 Å². The van der Waals surface area contributed by atoms with E-state index in [1.165, 1.54) is 0 Å². The van der Waals surface area contributed by atoms with Crippen molar-refractivity contribution in [3.8, 4) is 0 Å². The van der Waals surface area contributed by atoms with Gasteiger partial charge in [-0.2, -0.15) is 5.10 Å². The van der Waals surface area contributed by atoms with Crippen LogP contribution < -0.4 is 17.1 Å². The standard InChI is InChI=1S/C12H12N4O2/c1-7(15-16-12(13)14)9-6-8-4-2-3-5-10(8)18-11(9)17/h2-6H,1H3,(H4,13,14,16). The number of benzene rings is 1. The van der Waals surface area contributed by atoms with Gasteiger partial charge in [-0.1, -0.05) is 18.2 Å². The Morgan fingerprint density at radius 2 is 1.94 bits per heavy atom. The largest absolute Gasteiger partial charge is 0.422 e. The lowest BCUT2D eigenvalue weighted by atomic mass is 10.1. The Hall–Kier alpha value is -2.63. The number of hydrogen-bond donors (Lipinski definition) is 2. The fourth-order valence-electron chi connectivity index (χ4n) is 1.50. The normalized spacial score (nSPS) is 11.5. The van der Waals surface area contributed by atoms with E-state index < -0.39 is 5.63 Å². The van der Waals surface area contributed by atoms with Crippen LogP contribution in [0.5, 0.6) is 0 Å². The molecule has 0 bridgehead atoms. The van der Waals surface area contributed by atoms with E-state index in [1.807, 2.05) is 12.1 Å². The smallest absolute Gasteiger partial charge is 0.345 e. The fraction of sp³-hybridized carbons (Fsp3) is 0.0833. The molecule has 6 heteroatoms. The van der Waals surface area contributed by atoms with Crippen LogP contribution in [-0.2, 0) is 0 Å². The third-order valence-electron chi connectivity index (χ3n) is 2.35. The molecule has 1 heterocycles. The first-order valence-electron chi connectivity index (χ1n) is 5.24. The molecule has 0 aliphatic carbocycles. The molecule has 0 saturated heterocycles. The first kappa shape index (κ1) is 11.8. The van der Waals surface area contributed by atoms with Crippen molar-refractivity contribution in [3.05, 3.63) is 46.3 Å². The maximum absolute atomic E-state index is 11.8. The Kier molecular flexibility index (Phi) is 3.09. The minimum Gasteiger partial charge on any atom is -0.422 e. The molecule has 1 aromatic heterocycles. The van der Waals surface area contributed by atoms with Gasteiger partial charge in [0.15, 0.2) is 0 Å². The quantitative estimate of drug-likeness (QED) is 0.352. The Balaban J connectivity index is 2.58. The summed E-state index contributed by atoms with van der Waals surface area (Å²) in [7, 11) is 0. The van der Waals surface area contributed by atoms with E-state index in [-0.39, 0.29) is 5.96 Å². The van der Waals surface area contributed by atoms with Crippen molar-refractivity contribution in [1.82, 2.24) is 0 Å². The maximum Gasteiger partial charge on any atom is 0.345 e. The average Bonchev–Trinajstić information content (AvgIpc) is 2.35. The van der Waals surface area contributed by atoms with Crippen molar-refractivity contribution in [2.75, 3.05) is 0 Å². The lowest BCUT2D eigenvalue weighted by Crippen LogP contribution is -2.22. The predicted molar refractivity (Wildman–Crippen MR) is 70.5 cm³/mol. The number of rotatable bonds is 2. The number of hydrogen-bond acceptors (Lipinski definition) is 4. The molecule has 0 spiro atoms. The number of nitrogens with zero attached hydrogens (tertiary/aromatic N) is 2. The second-order valence-electron chi connectivity index (χ2n) is 3.70. The molecule has 0 aliphatic heterocycles. The van der Waals surface area contributed by atoms with Crippen molar-refractivity contribution in [1.29, 1.82) is 0 Å². The zero-order chi connectivity index (χ0) is 13.1. The molecule has 6 nitrogen and oxygen atoms in total. The van der Waals surface area contributed by atoms with Gasteiger partial charge in [-0.25, -0.2) is 4.79 Å². The molecule has 0 amide bonds. The third kappa shape index (κ3) is 2.37. The Morgan fingerprint density at radius 3 is 2.67 bits per heavy atom. The topological polar surface area (TPSA) is 107 Å². The van der Waals surface area contributed by atoms with Gasteiger partial charge in [0.2, 0.25) is 5.96 Å². The number of guanidine groups is 1. The average molecular weight is 244 g/mol. The van der Waals surface area contributed by atoms with Gasteiger partial charge < -0.3 is 15.9 Å². The van der Waals surface area contributed by atoms with Crippen LogP contribution in [0, 0.1) is 0 Å². The highest BCUT2D eigenvalue weighted by Gasteiger charge is 2.07. The highest BCUT2D eigenvalue weighted by molar-refractivity contribution is 6.00. The summed E-state index contributed by atoms with van der Waals surface area (Å²) in [5, 5.41) is 8.07. The van der Waals surface area contributed by atoms with E-state index in [0.717, 1.165) is 5.39 Å². The van der Waals surface area contributed by atoms with E-state index in [1.54, 1.807) is 25.1 Å². The second kappa shape index (κ2) is 4.70. The van der Waals surface area contributed by atoms with Gasteiger partial charge in [0.1, 0.15) is 5.58 Å². The molecule has 18 heavy (non-hydrogen) atoms. The van der Waals surface area contributed by atoms with Crippen LogP contribution in [-0.4, -0.2) is 11.7 Å². The van der Waals surface area contributed by atoms with Crippen molar-refractivity contribution in [3.63, 3.8) is 0 Å². The number of nitrogens with two attached hydrogens (primary N) is 2. The minimum atomic E-state index is -0.472. The lowest BCUT2D eigenvalue weighted by molar-refractivity contribution is 0.559. The van der Waals surface area contributed by atoms with E-state index in [2.05, 4.69) is 10.2 Å². The van der Waals surface area contributed by atoms with Gasteiger partial charge in [-0.05, 0) is 19.1 Å².